The van der Waals surface area contributed by atoms with E-state index >= 15 is 0 Å². The normalized spacial score (nSPS) is 10.3. The average molecular weight is 275 g/mol. The van der Waals surface area contributed by atoms with Crippen molar-refractivity contribution < 1.29 is 9.53 Å². The number of hydrogen-bond donors (Lipinski definition) is 1. The lowest BCUT2D eigenvalue weighted by molar-refractivity contribution is 0.0732. The summed E-state index contributed by atoms with van der Waals surface area (Å²) in [6, 6.07) is 8.27. The Morgan fingerprint density at radius 1 is 1.10 bits per heavy atom. The number of nitrogens with two attached hydrogens (primary N) is 1. The first kappa shape index (κ1) is 13.6. The van der Waals surface area contributed by atoms with Gasteiger partial charge in [0, 0.05) is 14.1 Å². The number of rotatable bonds is 2. The van der Waals surface area contributed by atoms with Crippen molar-refractivity contribution in [1.82, 2.24) is 9.13 Å². The number of benzene rings is 1. The summed E-state index contributed by atoms with van der Waals surface area (Å²) in [6.45, 7) is 0. The van der Waals surface area contributed by atoms with Crippen molar-refractivity contribution in [3.63, 3.8) is 0 Å². The van der Waals surface area contributed by atoms with Crippen molar-refractivity contribution in [2.45, 2.75) is 0 Å². The van der Waals surface area contributed by atoms with Crippen molar-refractivity contribution in [3.8, 4) is 5.75 Å². The Kier molecular flexibility index (Phi) is 3.43. The summed E-state index contributed by atoms with van der Waals surface area (Å²) in [5.41, 5.74) is 3.90. The standard InChI is InChI=1S/C13H13N3O4/c1-15-10(14)9(11(17)16(2)13(15)19)12(18)20-8-6-4-3-5-7-8/h3-7H,14H2,1-2H3. The van der Waals surface area contributed by atoms with Gasteiger partial charge in [-0.2, -0.15) is 0 Å². The number of carbonyl (C=O) groups excluding carboxylic acids is 1. The van der Waals surface area contributed by atoms with Gasteiger partial charge in [0.1, 0.15) is 11.6 Å². The summed E-state index contributed by atoms with van der Waals surface area (Å²) < 4.78 is 6.88. The van der Waals surface area contributed by atoms with E-state index in [9.17, 15) is 14.4 Å². The zero-order valence-corrected chi connectivity index (χ0v) is 11.0. The fraction of sp³-hybridized carbons (Fsp3) is 0.154. The van der Waals surface area contributed by atoms with Crippen LogP contribution in [0.25, 0.3) is 0 Å². The van der Waals surface area contributed by atoms with Crippen LogP contribution in [0.3, 0.4) is 0 Å². The molecule has 0 aliphatic carbocycles. The molecule has 2 rings (SSSR count). The van der Waals surface area contributed by atoms with Crippen LogP contribution in [-0.4, -0.2) is 15.1 Å². The highest BCUT2D eigenvalue weighted by molar-refractivity contribution is 5.95. The van der Waals surface area contributed by atoms with Gasteiger partial charge in [-0.1, -0.05) is 18.2 Å². The summed E-state index contributed by atoms with van der Waals surface area (Å²) in [4.78, 5) is 35.6. The Hall–Kier alpha value is -2.83. The Balaban J connectivity index is 2.51. The van der Waals surface area contributed by atoms with Gasteiger partial charge in [0.25, 0.3) is 5.56 Å². The van der Waals surface area contributed by atoms with Gasteiger partial charge in [-0.15, -0.1) is 0 Å². The smallest absolute Gasteiger partial charge is 0.352 e. The monoisotopic (exact) mass is 275 g/mol. The third-order valence-electron chi connectivity index (χ3n) is 2.87. The lowest BCUT2D eigenvalue weighted by Gasteiger charge is -2.10. The number of aromatic nitrogens is 2. The number of esters is 1. The average Bonchev–Trinajstić information content (AvgIpc) is 2.44. The first-order valence-electron chi connectivity index (χ1n) is 5.76. The van der Waals surface area contributed by atoms with E-state index in [0.717, 1.165) is 9.13 Å². The van der Waals surface area contributed by atoms with E-state index < -0.39 is 17.2 Å². The molecule has 0 aliphatic heterocycles. The molecule has 0 saturated heterocycles. The van der Waals surface area contributed by atoms with Crippen LogP contribution >= 0.6 is 0 Å². The van der Waals surface area contributed by atoms with Crippen LogP contribution in [0.5, 0.6) is 5.75 Å². The number of ether oxygens (including phenoxy) is 1. The number of nitrogens with zero attached hydrogens (tertiary/aromatic N) is 2. The number of hydrogen-bond acceptors (Lipinski definition) is 5. The Bertz CT molecular complexity index is 775. The van der Waals surface area contributed by atoms with Gasteiger partial charge in [0.15, 0.2) is 5.56 Å². The van der Waals surface area contributed by atoms with Crippen molar-refractivity contribution >= 4 is 11.8 Å². The third-order valence-corrected chi connectivity index (χ3v) is 2.87. The van der Waals surface area contributed by atoms with Crippen molar-refractivity contribution in [2.24, 2.45) is 14.1 Å². The van der Waals surface area contributed by atoms with Gasteiger partial charge in [-0.3, -0.25) is 13.9 Å². The van der Waals surface area contributed by atoms with Crippen molar-refractivity contribution in [3.05, 3.63) is 56.7 Å². The van der Waals surface area contributed by atoms with Crippen LogP contribution in [-0.2, 0) is 14.1 Å². The van der Waals surface area contributed by atoms with Gasteiger partial charge in [0.2, 0.25) is 0 Å². The molecule has 2 aromatic rings. The number of para-hydroxylation sites is 1. The maximum Gasteiger partial charge on any atom is 0.352 e. The van der Waals surface area contributed by atoms with E-state index in [2.05, 4.69) is 0 Å². The van der Waals surface area contributed by atoms with E-state index in [0.29, 0.717) is 0 Å². The molecule has 0 spiro atoms. The maximum atomic E-state index is 12.0. The van der Waals surface area contributed by atoms with Crippen LogP contribution in [0.4, 0.5) is 5.82 Å². The zero-order chi connectivity index (χ0) is 14.9. The fourth-order valence-corrected chi connectivity index (χ4v) is 1.70. The molecule has 0 fully saturated rings. The Morgan fingerprint density at radius 3 is 2.30 bits per heavy atom. The maximum absolute atomic E-state index is 12.0. The molecular weight excluding hydrogens is 262 g/mol. The van der Waals surface area contributed by atoms with Gasteiger partial charge < -0.3 is 10.5 Å². The molecule has 1 aromatic carbocycles. The van der Waals surface area contributed by atoms with E-state index in [-0.39, 0.29) is 17.1 Å². The summed E-state index contributed by atoms with van der Waals surface area (Å²) in [5, 5.41) is 0. The summed E-state index contributed by atoms with van der Waals surface area (Å²) in [7, 11) is 2.64. The molecule has 0 aliphatic rings. The Morgan fingerprint density at radius 2 is 1.70 bits per heavy atom. The van der Waals surface area contributed by atoms with Crippen molar-refractivity contribution in [2.75, 3.05) is 5.73 Å². The molecule has 0 saturated carbocycles. The van der Waals surface area contributed by atoms with Crippen LogP contribution in [0.2, 0.25) is 0 Å². The van der Waals surface area contributed by atoms with Gasteiger partial charge in [-0.05, 0) is 12.1 Å². The molecule has 20 heavy (non-hydrogen) atoms. The van der Waals surface area contributed by atoms with Gasteiger partial charge in [-0.25, -0.2) is 9.59 Å². The van der Waals surface area contributed by atoms with E-state index in [1.54, 1.807) is 30.3 Å². The fourth-order valence-electron chi connectivity index (χ4n) is 1.70. The van der Waals surface area contributed by atoms with Crippen LogP contribution in [0.1, 0.15) is 10.4 Å². The molecule has 1 aromatic heterocycles. The molecular formula is C13H13N3O4. The SMILES string of the molecule is Cn1c(N)c(C(=O)Oc2ccccc2)c(=O)n(C)c1=O. The summed E-state index contributed by atoms with van der Waals surface area (Å²) >= 11 is 0. The van der Waals surface area contributed by atoms with Gasteiger partial charge >= 0.3 is 11.7 Å². The van der Waals surface area contributed by atoms with E-state index in [1.165, 1.54) is 14.1 Å². The van der Waals surface area contributed by atoms with Crippen LogP contribution < -0.4 is 21.7 Å². The first-order valence-corrected chi connectivity index (χ1v) is 5.76. The minimum absolute atomic E-state index is 0.223. The zero-order valence-electron chi connectivity index (χ0n) is 11.0. The molecule has 104 valence electrons. The van der Waals surface area contributed by atoms with Crippen molar-refractivity contribution in [1.29, 1.82) is 0 Å². The minimum Gasteiger partial charge on any atom is -0.423 e. The van der Waals surface area contributed by atoms with E-state index in [1.807, 2.05) is 0 Å². The largest absolute Gasteiger partial charge is 0.423 e. The predicted molar refractivity (Wildman–Crippen MR) is 72.7 cm³/mol. The molecule has 0 atom stereocenters. The van der Waals surface area contributed by atoms with Crippen LogP contribution in [0.15, 0.2) is 39.9 Å². The third kappa shape index (κ3) is 2.20. The quantitative estimate of drug-likeness (QED) is 0.609. The predicted octanol–water partition coefficient (Wildman–Crippen LogP) is -0.115. The number of anilines is 1. The minimum atomic E-state index is -0.898. The first-order chi connectivity index (χ1) is 9.43. The van der Waals surface area contributed by atoms with Gasteiger partial charge in [0.05, 0.1) is 0 Å². The lowest BCUT2D eigenvalue weighted by Crippen LogP contribution is -2.42. The highest BCUT2D eigenvalue weighted by Crippen LogP contribution is 2.12. The molecule has 0 unspecified atom stereocenters. The molecule has 7 heteroatoms. The molecule has 0 radical (unpaired) electrons. The molecule has 1 heterocycles. The second kappa shape index (κ2) is 5.04. The summed E-state index contributed by atoms with van der Waals surface area (Å²) in [5.74, 6) is -0.836. The second-order valence-electron chi connectivity index (χ2n) is 4.17. The molecule has 2 N–H and O–H groups in total. The lowest BCUT2D eigenvalue weighted by atomic mass is 10.3. The highest BCUT2D eigenvalue weighted by Gasteiger charge is 2.21. The molecule has 0 bridgehead atoms. The topological polar surface area (TPSA) is 96.3 Å². The summed E-state index contributed by atoms with van der Waals surface area (Å²) in [6.07, 6.45) is 0. The number of nitrogen functional groups attached to an aromatic ring is 1. The highest BCUT2D eigenvalue weighted by atomic mass is 16.5. The van der Waals surface area contributed by atoms with Crippen LogP contribution in [0, 0.1) is 0 Å². The van der Waals surface area contributed by atoms with E-state index in [4.69, 9.17) is 10.5 Å². The molecule has 0 amide bonds. The molecule has 7 nitrogen and oxygen atoms in total. The second-order valence-corrected chi connectivity index (χ2v) is 4.17. The Labute approximate surface area is 113 Å². The number of carbonyl (C=O) groups is 1.